The zero-order chi connectivity index (χ0) is 8.85. The van der Waals surface area contributed by atoms with Crippen LogP contribution in [0.25, 0.3) is 0 Å². The van der Waals surface area contributed by atoms with Crippen LogP contribution in [-0.4, -0.2) is 35.0 Å². The van der Waals surface area contributed by atoms with Crippen molar-refractivity contribution in [3.8, 4) is 0 Å². The molecule has 74 valence electrons. The largest absolute Gasteiger partial charge is 0.392 e. The smallest absolute Gasteiger partial charge is 0.0690 e. The van der Waals surface area contributed by atoms with Gasteiger partial charge < -0.3 is 15.5 Å². The van der Waals surface area contributed by atoms with Crippen LogP contribution < -0.4 is 5.32 Å². The average molecular weight is 196 g/mol. The number of halogens is 1. The molecule has 0 bridgehead atoms. The molecule has 0 fully saturated rings. The van der Waals surface area contributed by atoms with E-state index in [2.05, 4.69) is 11.9 Å². The minimum Gasteiger partial charge on any atom is -0.392 e. The first kappa shape index (κ1) is 14.4. The van der Waals surface area contributed by atoms with Crippen LogP contribution in [-0.2, 0) is 0 Å². The summed E-state index contributed by atoms with van der Waals surface area (Å²) in [6, 6.07) is -0.270. The third-order valence-corrected chi connectivity index (χ3v) is 1.54. The molecule has 0 amide bonds. The van der Waals surface area contributed by atoms with Crippen molar-refractivity contribution >= 4 is 12.4 Å². The normalized spacial score (nSPS) is 17.3. The summed E-state index contributed by atoms with van der Waals surface area (Å²) >= 11 is 0. The number of aliphatic hydroxyl groups is 2. The molecule has 0 saturated carbocycles. The maximum Gasteiger partial charge on any atom is 0.0690 e. The first-order valence-electron chi connectivity index (χ1n) is 3.80. The summed E-state index contributed by atoms with van der Waals surface area (Å²) in [5.74, 6) is 0. The Hall–Kier alpha value is -0.0900. The number of rotatable bonds is 5. The van der Waals surface area contributed by atoms with Gasteiger partial charge in [0.15, 0.2) is 0 Å². The molecule has 2 unspecified atom stereocenters. The molecule has 0 heterocycles. The third kappa shape index (κ3) is 5.55. The Morgan fingerprint density at radius 3 is 2.00 bits per heavy atom. The molecule has 0 saturated heterocycles. The Balaban J connectivity index is 0. The topological polar surface area (TPSA) is 52.5 Å². The number of hydrogen-bond donors (Lipinski definition) is 3. The second kappa shape index (κ2) is 7.55. The van der Waals surface area contributed by atoms with E-state index in [1.807, 2.05) is 0 Å². The highest BCUT2D eigenvalue weighted by atomic mass is 35.5. The van der Waals surface area contributed by atoms with Crippen LogP contribution in [0.1, 0.15) is 13.8 Å². The molecule has 0 aliphatic carbocycles. The summed E-state index contributed by atoms with van der Waals surface area (Å²) in [6.07, 6.45) is 0.600. The zero-order valence-corrected chi connectivity index (χ0v) is 8.34. The lowest BCUT2D eigenvalue weighted by molar-refractivity contribution is 0.0588. The predicted octanol–water partition coefficient (Wildman–Crippen LogP) is 0.314. The van der Waals surface area contributed by atoms with Gasteiger partial charge in [0, 0.05) is 6.54 Å². The Morgan fingerprint density at radius 1 is 1.33 bits per heavy atom. The average Bonchev–Trinajstić information content (AvgIpc) is 1.87. The highest BCUT2D eigenvalue weighted by molar-refractivity contribution is 5.85. The minimum atomic E-state index is -0.546. The van der Waals surface area contributed by atoms with Crippen LogP contribution >= 0.6 is 12.4 Å². The SMILES string of the molecule is C=CCNC(C(C)O)C(C)O.Cl. The lowest BCUT2D eigenvalue weighted by Gasteiger charge is -2.23. The van der Waals surface area contributed by atoms with Crippen LogP contribution in [0.5, 0.6) is 0 Å². The summed E-state index contributed by atoms with van der Waals surface area (Å²) in [5.41, 5.74) is 0. The third-order valence-electron chi connectivity index (χ3n) is 1.54. The van der Waals surface area contributed by atoms with E-state index >= 15 is 0 Å². The molecule has 3 nitrogen and oxygen atoms in total. The second-order valence-electron chi connectivity index (χ2n) is 2.70. The minimum absolute atomic E-state index is 0. The van der Waals surface area contributed by atoms with Crippen LogP contribution in [0.4, 0.5) is 0 Å². The highest BCUT2D eigenvalue weighted by Gasteiger charge is 2.18. The Morgan fingerprint density at radius 2 is 1.75 bits per heavy atom. The van der Waals surface area contributed by atoms with E-state index in [-0.39, 0.29) is 18.4 Å². The Labute approximate surface area is 79.9 Å². The van der Waals surface area contributed by atoms with Crippen LogP contribution in [0, 0.1) is 0 Å². The van der Waals surface area contributed by atoms with E-state index in [0.717, 1.165) is 0 Å². The first-order valence-corrected chi connectivity index (χ1v) is 3.80. The summed E-state index contributed by atoms with van der Waals surface area (Å²) in [6.45, 7) is 7.42. The summed E-state index contributed by atoms with van der Waals surface area (Å²) in [7, 11) is 0. The summed E-state index contributed by atoms with van der Waals surface area (Å²) in [5, 5.41) is 21.3. The molecule has 0 aromatic carbocycles. The van der Waals surface area contributed by atoms with Gasteiger partial charge in [0.2, 0.25) is 0 Å². The predicted molar refractivity (Wildman–Crippen MR) is 52.6 cm³/mol. The van der Waals surface area contributed by atoms with Crippen molar-refractivity contribution in [2.45, 2.75) is 32.1 Å². The van der Waals surface area contributed by atoms with Crippen LogP contribution in [0.15, 0.2) is 12.7 Å². The fraction of sp³-hybridized carbons (Fsp3) is 0.750. The Bertz CT molecular complexity index is 110. The zero-order valence-electron chi connectivity index (χ0n) is 7.53. The molecule has 3 N–H and O–H groups in total. The molecule has 0 rings (SSSR count). The Kier molecular flexibility index (Phi) is 9.09. The van der Waals surface area contributed by atoms with E-state index in [1.165, 1.54) is 0 Å². The van der Waals surface area contributed by atoms with Crippen LogP contribution in [0.3, 0.4) is 0 Å². The van der Waals surface area contributed by atoms with Crippen molar-refractivity contribution < 1.29 is 10.2 Å². The maximum atomic E-state index is 9.15. The van der Waals surface area contributed by atoms with Gasteiger partial charge >= 0.3 is 0 Å². The van der Waals surface area contributed by atoms with Gasteiger partial charge in [0.25, 0.3) is 0 Å². The second-order valence-corrected chi connectivity index (χ2v) is 2.70. The standard InChI is InChI=1S/C8H17NO2.ClH/c1-4-5-9-8(6(2)10)7(3)11;/h4,6-11H,1,5H2,2-3H3;1H. The van der Waals surface area contributed by atoms with Gasteiger partial charge in [-0.2, -0.15) is 0 Å². The molecule has 0 aliphatic rings. The molecular formula is C8H18ClNO2. The van der Waals surface area contributed by atoms with Gasteiger partial charge in [0.1, 0.15) is 0 Å². The van der Waals surface area contributed by atoms with Gasteiger partial charge in [0.05, 0.1) is 18.2 Å². The molecular weight excluding hydrogens is 178 g/mol. The summed E-state index contributed by atoms with van der Waals surface area (Å²) < 4.78 is 0. The molecule has 0 spiro atoms. The fourth-order valence-corrected chi connectivity index (χ4v) is 0.964. The summed E-state index contributed by atoms with van der Waals surface area (Å²) in [4.78, 5) is 0. The van der Waals surface area contributed by atoms with Gasteiger partial charge in [-0.15, -0.1) is 19.0 Å². The lowest BCUT2D eigenvalue weighted by atomic mass is 10.1. The van der Waals surface area contributed by atoms with Crippen molar-refractivity contribution in [2.24, 2.45) is 0 Å². The molecule has 0 aliphatic heterocycles. The van der Waals surface area contributed by atoms with Crippen LogP contribution in [0.2, 0.25) is 0 Å². The lowest BCUT2D eigenvalue weighted by Crippen LogP contribution is -2.46. The molecule has 12 heavy (non-hydrogen) atoms. The monoisotopic (exact) mass is 195 g/mol. The molecule has 0 radical (unpaired) electrons. The number of nitrogens with one attached hydrogen (secondary N) is 1. The quantitative estimate of drug-likeness (QED) is 0.554. The van der Waals surface area contributed by atoms with Crippen molar-refractivity contribution in [1.29, 1.82) is 0 Å². The van der Waals surface area contributed by atoms with Gasteiger partial charge in [-0.25, -0.2) is 0 Å². The highest BCUT2D eigenvalue weighted by Crippen LogP contribution is 1.98. The van der Waals surface area contributed by atoms with Gasteiger partial charge in [-0.05, 0) is 13.8 Å². The van der Waals surface area contributed by atoms with E-state index < -0.39 is 12.2 Å². The number of hydrogen-bond acceptors (Lipinski definition) is 3. The van der Waals surface area contributed by atoms with Gasteiger partial charge in [-0.3, -0.25) is 0 Å². The molecule has 0 aromatic heterocycles. The van der Waals surface area contributed by atoms with Crippen molar-refractivity contribution in [3.63, 3.8) is 0 Å². The molecule has 4 heteroatoms. The van der Waals surface area contributed by atoms with E-state index in [4.69, 9.17) is 10.2 Å². The molecule has 2 atom stereocenters. The maximum absolute atomic E-state index is 9.15. The fourth-order valence-electron chi connectivity index (χ4n) is 0.964. The first-order chi connectivity index (χ1) is 5.09. The molecule has 0 aromatic rings. The van der Waals surface area contributed by atoms with Crippen molar-refractivity contribution in [2.75, 3.05) is 6.54 Å². The van der Waals surface area contributed by atoms with Crippen molar-refractivity contribution in [3.05, 3.63) is 12.7 Å². The number of aliphatic hydroxyl groups excluding tert-OH is 2. The van der Waals surface area contributed by atoms with E-state index in [9.17, 15) is 0 Å². The van der Waals surface area contributed by atoms with Crippen molar-refractivity contribution in [1.82, 2.24) is 5.32 Å². The van der Waals surface area contributed by atoms with Gasteiger partial charge in [-0.1, -0.05) is 6.08 Å². The van der Waals surface area contributed by atoms with E-state index in [1.54, 1.807) is 19.9 Å². The van der Waals surface area contributed by atoms with E-state index in [0.29, 0.717) is 6.54 Å².